The van der Waals surface area contributed by atoms with Gasteiger partial charge in [-0.3, -0.25) is 4.79 Å². The molecule has 0 bridgehead atoms. The van der Waals surface area contributed by atoms with Crippen LogP contribution in [-0.2, 0) is 17.6 Å². The summed E-state index contributed by atoms with van der Waals surface area (Å²) in [6, 6.07) is 27.4. The fourth-order valence-corrected chi connectivity index (χ4v) is 3.12. The number of hydrogen-bond acceptors (Lipinski definition) is 2. The molecule has 0 atom stereocenters. The predicted octanol–water partition coefficient (Wildman–Crippen LogP) is 3.73. The Balaban J connectivity index is 1.97. The van der Waals surface area contributed by atoms with Crippen LogP contribution in [0, 0.1) is 0 Å². The molecule has 3 aromatic rings. The summed E-state index contributed by atoms with van der Waals surface area (Å²) in [6.45, 7) is 0. The highest BCUT2D eigenvalue weighted by Crippen LogP contribution is 2.21. The lowest BCUT2D eigenvalue weighted by molar-refractivity contribution is -0.144. The molecule has 0 radical (unpaired) electrons. The van der Waals surface area contributed by atoms with Gasteiger partial charge in [0, 0.05) is 18.4 Å². The number of carbonyl (C=O) groups is 2. The van der Waals surface area contributed by atoms with Crippen molar-refractivity contribution >= 4 is 11.9 Å². The van der Waals surface area contributed by atoms with Gasteiger partial charge in [-0.15, -0.1) is 0 Å². The van der Waals surface area contributed by atoms with Crippen LogP contribution < -0.4 is 5.32 Å². The SMILES string of the molecule is O=C(NC(Cc1ccccc1)(Cc1ccccc1)C(=O)O)c1ccccc1. The van der Waals surface area contributed by atoms with Crippen molar-refractivity contribution in [2.75, 3.05) is 0 Å². The number of amides is 1. The lowest BCUT2D eigenvalue weighted by Crippen LogP contribution is -2.57. The van der Waals surface area contributed by atoms with Gasteiger partial charge in [0.1, 0.15) is 5.54 Å². The van der Waals surface area contributed by atoms with Gasteiger partial charge in [-0.2, -0.15) is 0 Å². The topological polar surface area (TPSA) is 66.4 Å². The Morgan fingerprint density at radius 2 is 1.11 bits per heavy atom. The number of benzene rings is 3. The van der Waals surface area contributed by atoms with Gasteiger partial charge >= 0.3 is 5.97 Å². The molecule has 0 fully saturated rings. The van der Waals surface area contributed by atoms with Crippen molar-refractivity contribution in [3.63, 3.8) is 0 Å². The standard InChI is InChI=1S/C23H21NO3/c25-21(20-14-8-3-9-15-20)24-23(22(26)27,16-18-10-4-1-5-11-18)17-19-12-6-2-7-13-19/h1-15H,16-17H2,(H,24,25)(H,26,27). The van der Waals surface area contributed by atoms with Crippen molar-refractivity contribution in [2.24, 2.45) is 0 Å². The molecular formula is C23H21NO3. The minimum absolute atomic E-state index is 0.191. The molecule has 4 nitrogen and oxygen atoms in total. The highest BCUT2D eigenvalue weighted by molar-refractivity contribution is 5.98. The Morgan fingerprint density at radius 1 is 0.704 bits per heavy atom. The summed E-state index contributed by atoms with van der Waals surface area (Å²) in [4.78, 5) is 25.2. The van der Waals surface area contributed by atoms with E-state index in [-0.39, 0.29) is 12.8 Å². The summed E-state index contributed by atoms with van der Waals surface area (Å²) in [5.41, 5.74) is 0.688. The van der Waals surface area contributed by atoms with E-state index in [4.69, 9.17) is 0 Å². The highest BCUT2D eigenvalue weighted by atomic mass is 16.4. The lowest BCUT2D eigenvalue weighted by atomic mass is 9.84. The zero-order valence-electron chi connectivity index (χ0n) is 14.8. The van der Waals surface area contributed by atoms with E-state index in [1.165, 1.54) is 0 Å². The van der Waals surface area contributed by atoms with Crippen molar-refractivity contribution in [1.29, 1.82) is 0 Å². The molecule has 136 valence electrons. The number of carbonyl (C=O) groups excluding carboxylic acids is 1. The van der Waals surface area contributed by atoms with Gasteiger partial charge in [-0.1, -0.05) is 78.9 Å². The van der Waals surface area contributed by atoms with E-state index in [0.29, 0.717) is 5.56 Å². The Morgan fingerprint density at radius 3 is 1.52 bits per heavy atom. The van der Waals surface area contributed by atoms with Crippen molar-refractivity contribution in [3.05, 3.63) is 108 Å². The quantitative estimate of drug-likeness (QED) is 0.676. The zero-order chi connectivity index (χ0) is 19.1. The van der Waals surface area contributed by atoms with Gasteiger partial charge in [0.2, 0.25) is 0 Å². The van der Waals surface area contributed by atoms with Crippen molar-refractivity contribution in [3.8, 4) is 0 Å². The number of carboxylic acids is 1. The van der Waals surface area contributed by atoms with Crippen LogP contribution in [0.3, 0.4) is 0 Å². The third-order valence-electron chi connectivity index (χ3n) is 4.50. The number of carboxylic acid groups (broad SMARTS) is 1. The van der Waals surface area contributed by atoms with E-state index in [0.717, 1.165) is 11.1 Å². The van der Waals surface area contributed by atoms with Crippen LogP contribution in [0.5, 0.6) is 0 Å². The van der Waals surface area contributed by atoms with Crippen LogP contribution >= 0.6 is 0 Å². The molecule has 0 aromatic heterocycles. The van der Waals surface area contributed by atoms with E-state index in [1.807, 2.05) is 66.7 Å². The normalized spacial score (nSPS) is 11.0. The molecule has 3 rings (SSSR count). The van der Waals surface area contributed by atoms with Crippen LogP contribution in [0.2, 0.25) is 0 Å². The summed E-state index contributed by atoms with van der Waals surface area (Å²) >= 11 is 0. The molecule has 0 aliphatic heterocycles. The third kappa shape index (κ3) is 4.61. The first-order valence-electron chi connectivity index (χ1n) is 8.78. The molecule has 0 unspecified atom stereocenters. The van der Waals surface area contributed by atoms with Gasteiger partial charge in [-0.05, 0) is 23.3 Å². The van der Waals surface area contributed by atoms with Gasteiger partial charge in [0.25, 0.3) is 5.91 Å². The van der Waals surface area contributed by atoms with E-state index >= 15 is 0 Å². The number of hydrogen-bond donors (Lipinski definition) is 2. The van der Waals surface area contributed by atoms with Crippen LogP contribution in [0.15, 0.2) is 91.0 Å². The largest absolute Gasteiger partial charge is 0.479 e. The molecular weight excluding hydrogens is 338 g/mol. The number of nitrogens with one attached hydrogen (secondary N) is 1. The van der Waals surface area contributed by atoms with E-state index in [9.17, 15) is 14.7 Å². The first-order valence-corrected chi connectivity index (χ1v) is 8.78. The minimum Gasteiger partial charge on any atom is -0.479 e. The molecule has 0 aliphatic rings. The first kappa shape index (κ1) is 18.4. The average Bonchev–Trinajstić information content (AvgIpc) is 2.70. The summed E-state index contributed by atoms with van der Waals surface area (Å²) in [5.74, 6) is -1.45. The molecule has 0 heterocycles. The van der Waals surface area contributed by atoms with Gasteiger partial charge in [0.15, 0.2) is 0 Å². The molecule has 0 saturated heterocycles. The maximum atomic E-state index is 12.8. The third-order valence-corrected chi connectivity index (χ3v) is 4.50. The summed E-state index contributed by atoms with van der Waals surface area (Å²) in [6.07, 6.45) is 0.382. The molecule has 2 N–H and O–H groups in total. The zero-order valence-corrected chi connectivity index (χ0v) is 14.8. The Kier molecular flexibility index (Phi) is 5.67. The van der Waals surface area contributed by atoms with Crippen LogP contribution in [0.25, 0.3) is 0 Å². The second-order valence-electron chi connectivity index (χ2n) is 6.53. The molecule has 3 aromatic carbocycles. The average molecular weight is 359 g/mol. The lowest BCUT2D eigenvalue weighted by Gasteiger charge is -2.31. The summed E-state index contributed by atoms with van der Waals surface area (Å²) in [7, 11) is 0. The maximum absolute atomic E-state index is 12.8. The monoisotopic (exact) mass is 359 g/mol. The molecule has 0 aliphatic carbocycles. The Hall–Kier alpha value is -3.40. The summed E-state index contributed by atoms with van der Waals surface area (Å²) in [5, 5.41) is 12.9. The second kappa shape index (κ2) is 8.32. The first-order chi connectivity index (χ1) is 13.1. The minimum atomic E-state index is -1.45. The predicted molar refractivity (Wildman–Crippen MR) is 105 cm³/mol. The fourth-order valence-electron chi connectivity index (χ4n) is 3.12. The van der Waals surface area contributed by atoms with E-state index in [1.54, 1.807) is 24.3 Å². The maximum Gasteiger partial charge on any atom is 0.330 e. The van der Waals surface area contributed by atoms with E-state index < -0.39 is 17.4 Å². The van der Waals surface area contributed by atoms with Crippen molar-refractivity contribution in [2.45, 2.75) is 18.4 Å². The smallest absolute Gasteiger partial charge is 0.330 e. The Bertz CT molecular complexity index is 851. The molecule has 1 amide bonds. The van der Waals surface area contributed by atoms with Crippen LogP contribution in [-0.4, -0.2) is 22.5 Å². The molecule has 4 heteroatoms. The van der Waals surface area contributed by atoms with Crippen molar-refractivity contribution in [1.82, 2.24) is 5.32 Å². The van der Waals surface area contributed by atoms with Gasteiger partial charge < -0.3 is 10.4 Å². The van der Waals surface area contributed by atoms with Gasteiger partial charge in [0.05, 0.1) is 0 Å². The Labute approximate surface area is 158 Å². The number of aliphatic carboxylic acids is 1. The highest BCUT2D eigenvalue weighted by Gasteiger charge is 2.40. The molecule has 0 saturated carbocycles. The molecule has 0 spiro atoms. The fraction of sp³-hybridized carbons (Fsp3) is 0.130. The second-order valence-corrected chi connectivity index (χ2v) is 6.53. The van der Waals surface area contributed by atoms with Crippen LogP contribution in [0.4, 0.5) is 0 Å². The van der Waals surface area contributed by atoms with Gasteiger partial charge in [-0.25, -0.2) is 4.79 Å². The van der Waals surface area contributed by atoms with Crippen LogP contribution in [0.1, 0.15) is 21.5 Å². The van der Waals surface area contributed by atoms with Crippen molar-refractivity contribution < 1.29 is 14.7 Å². The molecule has 27 heavy (non-hydrogen) atoms. The number of rotatable bonds is 7. The summed E-state index contributed by atoms with van der Waals surface area (Å²) < 4.78 is 0. The van der Waals surface area contributed by atoms with E-state index in [2.05, 4.69) is 5.32 Å².